The summed E-state index contributed by atoms with van der Waals surface area (Å²) in [4.78, 5) is 2.70. The first kappa shape index (κ1) is 15.0. The van der Waals surface area contributed by atoms with Gasteiger partial charge in [0.05, 0.1) is 0 Å². The summed E-state index contributed by atoms with van der Waals surface area (Å²) in [5, 5.41) is 3.51. The van der Waals surface area contributed by atoms with Crippen molar-refractivity contribution in [2.45, 2.75) is 71.9 Å². The van der Waals surface area contributed by atoms with E-state index >= 15 is 0 Å². The topological polar surface area (TPSA) is 15.3 Å². The van der Waals surface area contributed by atoms with Crippen LogP contribution in [0, 0.1) is 5.92 Å². The number of hydrogen-bond acceptors (Lipinski definition) is 2. The van der Waals surface area contributed by atoms with Crippen molar-refractivity contribution in [1.29, 1.82) is 0 Å². The van der Waals surface area contributed by atoms with Gasteiger partial charge in [0.25, 0.3) is 0 Å². The van der Waals surface area contributed by atoms with Crippen LogP contribution in [-0.2, 0) is 0 Å². The van der Waals surface area contributed by atoms with Crippen LogP contribution in [0.5, 0.6) is 0 Å². The Labute approximate surface area is 108 Å². The van der Waals surface area contributed by atoms with Gasteiger partial charge in [-0.2, -0.15) is 0 Å². The van der Waals surface area contributed by atoms with Gasteiger partial charge in [-0.05, 0) is 26.2 Å². The van der Waals surface area contributed by atoms with E-state index in [2.05, 4.69) is 37.9 Å². The number of piperazine rings is 1. The Morgan fingerprint density at radius 2 is 1.76 bits per heavy atom. The van der Waals surface area contributed by atoms with E-state index in [1.54, 1.807) is 0 Å². The predicted octanol–water partition coefficient (Wildman–Crippen LogP) is 3.28. The van der Waals surface area contributed by atoms with Crippen molar-refractivity contribution >= 4 is 0 Å². The molecule has 2 heteroatoms. The largest absolute Gasteiger partial charge is 0.314 e. The molecule has 0 aliphatic carbocycles. The van der Waals surface area contributed by atoms with Gasteiger partial charge in [-0.3, -0.25) is 4.90 Å². The average molecular weight is 240 g/mol. The Bertz CT molecular complexity index is 183. The standard InChI is InChI=1S/C15H32N2/c1-5-6-7-8-9-13(2)12-17-14(3)10-16-11-15(17)4/h13-16H,5-12H2,1-4H3/t13?,14-,15+. The molecule has 1 fully saturated rings. The predicted molar refractivity (Wildman–Crippen MR) is 76.4 cm³/mol. The van der Waals surface area contributed by atoms with Crippen LogP contribution in [0.3, 0.4) is 0 Å². The van der Waals surface area contributed by atoms with Gasteiger partial charge in [0.1, 0.15) is 0 Å². The number of nitrogens with one attached hydrogen (secondary N) is 1. The molecule has 1 aliphatic rings. The zero-order valence-electron chi connectivity index (χ0n) is 12.3. The van der Waals surface area contributed by atoms with Crippen LogP contribution in [0.2, 0.25) is 0 Å². The lowest BCUT2D eigenvalue weighted by Gasteiger charge is -2.40. The third-order valence-corrected chi connectivity index (χ3v) is 4.08. The van der Waals surface area contributed by atoms with Crippen LogP contribution in [0.15, 0.2) is 0 Å². The number of nitrogens with zero attached hydrogens (tertiary/aromatic N) is 1. The van der Waals surface area contributed by atoms with E-state index in [0.29, 0.717) is 12.1 Å². The average Bonchev–Trinajstić information content (AvgIpc) is 2.30. The molecule has 102 valence electrons. The molecule has 1 aliphatic heterocycles. The molecule has 1 heterocycles. The highest BCUT2D eigenvalue weighted by Gasteiger charge is 2.25. The van der Waals surface area contributed by atoms with Gasteiger partial charge in [0, 0.05) is 31.7 Å². The molecule has 1 rings (SSSR count). The molecule has 1 saturated heterocycles. The van der Waals surface area contributed by atoms with Crippen molar-refractivity contribution in [3.05, 3.63) is 0 Å². The molecule has 17 heavy (non-hydrogen) atoms. The van der Waals surface area contributed by atoms with Crippen molar-refractivity contribution in [1.82, 2.24) is 10.2 Å². The molecule has 0 aromatic rings. The van der Waals surface area contributed by atoms with Crippen LogP contribution in [0.25, 0.3) is 0 Å². The molecular formula is C15H32N2. The zero-order valence-corrected chi connectivity index (χ0v) is 12.3. The Kier molecular flexibility index (Phi) is 7.14. The minimum Gasteiger partial charge on any atom is -0.314 e. The van der Waals surface area contributed by atoms with E-state index in [9.17, 15) is 0 Å². The van der Waals surface area contributed by atoms with Gasteiger partial charge >= 0.3 is 0 Å². The van der Waals surface area contributed by atoms with E-state index in [0.717, 1.165) is 19.0 Å². The normalized spacial score (nSPS) is 28.2. The molecule has 0 radical (unpaired) electrons. The van der Waals surface area contributed by atoms with Crippen molar-refractivity contribution in [3.8, 4) is 0 Å². The lowest BCUT2D eigenvalue weighted by molar-refractivity contribution is 0.0969. The summed E-state index contributed by atoms with van der Waals surface area (Å²) in [5.41, 5.74) is 0. The summed E-state index contributed by atoms with van der Waals surface area (Å²) in [5.74, 6) is 0.856. The Morgan fingerprint density at radius 3 is 2.35 bits per heavy atom. The van der Waals surface area contributed by atoms with Crippen molar-refractivity contribution in [3.63, 3.8) is 0 Å². The Hall–Kier alpha value is -0.0800. The maximum Gasteiger partial charge on any atom is 0.0195 e. The first-order chi connectivity index (χ1) is 8.15. The molecule has 0 bridgehead atoms. The number of hydrogen-bond donors (Lipinski definition) is 1. The second-order valence-electron chi connectivity index (χ2n) is 6.01. The van der Waals surface area contributed by atoms with Crippen molar-refractivity contribution < 1.29 is 0 Å². The maximum absolute atomic E-state index is 3.51. The molecule has 0 aromatic carbocycles. The summed E-state index contributed by atoms with van der Waals surface area (Å²) in [6, 6.07) is 1.41. The van der Waals surface area contributed by atoms with Gasteiger partial charge in [-0.1, -0.05) is 39.5 Å². The lowest BCUT2D eigenvalue weighted by Crippen LogP contribution is -2.56. The van der Waals surface area contributed by atoms with Crippen LogP contribution in [0.4, 0.5) is 0 Å². The highest BCUT2D eigenvalue weighted by Crippen LogP contribution is 2.16. The maximum atomic E-state index is 3.51. The third-order valence-electron chi connectivity index (χ3n) is 4.08. The minimum atomic E-state index is 0.705. The molecule has 0 aromatic heterocycles. The molecule has 1 N–H and O–H groups in total. The van der Waals surface area contributed by atoms with E-state index in [4.69, 9.17) is 0 Å². The highest BCUT2D eigenvalue weighted by molar-refractivity contribution is 4.83. The first-order valence-electron chi connectivity index (χ1n) is 7.61. The Morgan fingerprint density at radius 1 is 1.12 bits per heavy atom. The second kappa shape index (κ2) is 8.10. The molecule has 0 saturated carbocycles. The second-order valence-corrected chi connectivity index (χ2v) is 6.01. The summed E-state index contributed by atoms with van der Waals surface area (Å²) in [7, 11) is 0. The van der Waals surface area contributed by atoms with Gasteiger partial charge in [-0.25, -0.2) is 0 Å². The summed E-state index contributed by atoms with van der Waals surface area (Å²) >= 11 is 0. The summed E-state index contributed by atoms with van der Waals surface area (Å²) < 4.78 is 0. The fourth-order valence-corrected chi connectivity index (χ4v) is 2.90. The molecule has 2 nitrogen and oxygen atoms in total. The Balaban J connectivity index is 2.21. The summed E-state index contributed by atoms with van der Waals surface area (Å²) in [6.07, 6.45) is 7.01. The van der Waals surface area contributed by atoms with Crippen molar-refractivity contribution in [2.24, 2.45) is 5.92 Å². The van der Waals surface area contributed by atoms with Crippen LogP contribution in [-0.4, -0.2) is 36.6 Å². The lowest BCUT2D eigenvalue weighted by atomic mass is 9.99. The van der Waals surface area contributed by atoms with E-state index in [1.807, 2.05) is 0 Å². The molecule has 3 atom stereocenters. The van der Waals surface area contributed by atoms with Crippen LogP contribution in [0.1, 0.15) is 59.8 Å². The fourth-order valence-electron chi connectivity index (χ4n) is 2.90. The molecule has 1 unspecified atom stereocenters. The zero-order chi connectivity index (χ0) is 12.7. The molecule has 0 amide bonds. The van der Waals surface area contributed by atoms with E-state index in [-0.39, 0.29) is 0 Å². The first-order valence-corrected chi connectivity index (χ1v) is 7.61. The van der Waals surface area contributed by atoms with Crippen LogP contribution >= 0.6 is 0 Å². The monoisotopic (exact) mass is 240 g/mol. The fraction of sp³-hybridized carbons (Fsp3) is 1.00. The van der Waals surface area contributed by atoms with Crippen molar-refractivity contribution in [2.75, 3.05) is 19.6 Å². The SMILES string of the molecule is CCCCCCC(C)CN1[C@H](C)CNC[C@@H]1C. The third kappa shape index (κ3) is 5.39. The van der Waals surface area contributed by atoms with Crippen LogP contribution < -0.4 is 5.32 Å². The summed E-state index contributed by atoms with van der Waals surface area (Å²) in [6.45, 7) is 13.0. The highest BCUT2D eigenvalue weighted by atomic mass is 15.2. The molecule has 0 spiro atoms. The van der Waals surface area contributed by atoms with Gasteiger partial charge in [0.2, 0.25) is 0 Å². The van der Waals surface area contributed by atoms with E-state index in [1.165, 1.54) is 38.6 Å². The molecular weight excluding hydrogens is 208 g/mol. The minimum absolute atomic E-state index is 0.705. The number of rotatable bonds is 7. The van der Waals surface area contributed by atoms with E-state index < -0.39 is 0 Å². The number of unbranched alkanes of at least 4 members (excludes halogenated alkanes) is 3. The van der Waals surface area contributed by atoms with Gasteiger partial charge < -0.3 is 5.32 Å². The quantitative estimate of drug-likeness (QED) is 0.687. The van der Waals surface area contributed by atoms with Gasteiger partial charge in [0.15, 0.2) is 0 Å². The van der Waals surface area contributed by atoms with Gasteiger partial charge in [-0.15, -0.1) is 0 Å². The smallest absolute Gasteiger partial charge is 0.0195 e.